The molecule has 1 aromatic rings. The Morgan fingerprint density at radius 2 is 2.29 bits per heavy atom. The second-order valence-electron chi connectivity index (χ2n) is 5.71. The summed E-state index contributed by atoms with van der Waals surface area (Å²) in [6.45, 7) is 5.09. The fourth-order valence-electron chi connectivity index (χ4n) is 3.03. The highest BCUT2D eigenvalue weighted by molar-refractivity contribution is 5.94. The summed E-state index contributed by atoms with van der Waals surface area (Å²) in [6.07, 6.45) is 6.07. The lowest BCUT2D eigenvalue weighted by Gasteiger charge is -2.35. The van der Waals surface area contributed by atoms with Crippen molar-refractivity contribution in [1.82, 2.24) is 10.2 Å². The second kappa shape index (κ2) is 8.13. The van der Waals surface area contributed by atoms with E-state index in [9.17, 15) is 9.18 Å². The topological polar surface area (TPSA) is 32.3 Å². The second-order valence-corrected chi connectivity index (χ2v) is 5.71. The van der Waals surface area contributed by atoms with Gasteiger partial charge in [0.05, 0.1) is 0 Å². The molecule has 116 valence electrons. The van der Waals surface area contributed by atoms with Crippen LogP contribution in [-0.2, 0) is 0 Å². The molecular formula is C17H25FN2O. The highest BCUT2D eigenvalue weighted by Crippen LogP contribution is 2.19. The first kappa shape index (κ1) is 16.0. The van der Waals surface area contributed by atoms with Crippen LogP contribution in [0.4, 0.5) is 4.39 Å². The van der Waals surface area contributed by atoms with E-state index >= 15 is 0 Å². The Bertz CT molecular complexity index is 464. The summed E-state index contributed by atoms with van der Waals surface area (Å²) in [5, 5.41) is 2.87. The zero-order valence-electron chi connectivity index (χ0n) is 12.8. The lowest BCUT2D eigenvalue weighted by atomic mass is 10.00. The van der Waals surface area contributed by atoms with Crippen LogP contribution in [0, 0.1) is 5.82 Å². The van der Waals surface area contributed by atoms with Crippen LogP contribution in [0.25, 0.3) is 0 Å². The van der Waals surface area contributed by atoms with Crippen LogP contribution in [0.1, 0.15) is 49.4 Å². The first-order valence-corrected chi connectivity index (χ1v) is 7.98. The van der Waals surface area contributed by atoms with Crippen LogP contribution in [0.2, 0.25) is 0 Å². The van der Waals surface area contributed by atoms with Gasteiger partial charge in [0, 0.05) is 24.7 Å². The molecule has 1 atom stereocenters. The molecule has 21 heavy (non-hydrogen) atoms. The van der Waals surface area contributed by atoms with Crippen LogP contribution in [0.3, 0.4) is 0 Å². The van der Waals surface area contributed by atoms with E-state index in [2.05, 4.69) is 17.1 Å². The van der Waals surface area contributed by atoms with Crippen molar-refractivity contribution in [2.45, 2.75) is 45.1 Å². The molecular weight excluding hydrogens is 267 g/mol. The minimum atomic E-state index is -0.373. The van der Waals surface area contributed by atoms with Crippen LogP contribution in [0.5, 0.6) is 0 Å². The third-order valence-corrected chi connectivity index (χ3v) is 4.21. The number of hydrogen-bond acceptors (Lipinski definition) is 2. The minimum absolute atomic E-state index is 0.194. The minimum Gasteiger partial charge on any atom is -0.352 e. The van der Waals surface area contributed by atoms with E-state index in [0.717, 1.165) is 13.0 Å². The number of carbonyl (C=O) groups is 1. The molecule has 1 fully saturated rings. The monoisotopic (exact) mass is 292 g/mol. The molecule has 1 aromatic carbocycles. The maximum atomic E-state index is 13.1. The number of carbonyl (C=O) groups excluding carboxylic acids is 1. The molecule has 0 aromatic heterocycles. The zero-order chi connectivity index (χ0) is 15.1. The summed E-state index contributed by atoms with van der Waals surface area (Å²) < 4.78 is 13.1. The molecule has 1 aliphatic heterocycles. The van der Waals surface area contributed by atoms with E-state index in [1.807, 2.05) is 0 Å². The molecule has 1 saturated heterocycles. The molecule has 2 rings (SSSR count). The van der Waals surface area contributed by atoms with Crippen molar-refractivity contribution in [1.29, 1.82) is 0 Å². The fourth-order valence-corrected chi connectivity index (χ4v) is 3.03. The van der Waals surface area contributed by atoms with E-state index < -0.39 is 0 Å². The lowest BCUT2D eigenvalue weighted by molar-refractivity contribution is 0.0947. The Labute approximate surface area is 126 Å². The summed E-state index contributed by atoms with van der Waals surface area (Å²) in [5.41, 5.74) is 0.388. The molecule has 1 aliphatic rings. The number of piperidine rings is 1. The Morgan fingerprint density at radius 3 is 3.05 bits per heavy atom. The number of halogens is 1. The number of nitrogens with zero attached hydrogens (tertiary/aromatic N) is 1. The SMILES string of the molecule is CC[C@@H]1CCCCN1CCCNC(=O)c1cccc(F)c1. The van der Waals surface area contributed by atoms with Crippen LogP contribution in [-0.4, -0.2) is 36.5 Å². The van der Waals surface area contributed by atoms with Crippen LogP contribution >= 0.6 is 0 Å². The molecule has 1 N–H and O–H groups in total. The van der Waals surface area contributed by atoms with Crippen molar-refractivity contribution in [3.05, 3.63) is 35.6 Å². The summed E-state index contributed by atoms with van der Waals surface area (Å²) in [6, 6.07) is 6.52. The number of likely N-dealkylation sites (tertiary alicyclic amines) is 1. The Hall–Kier alpha value is -1.42. The molecule has 0 radical (unpaired) electrons. The third kappa shape index (κ3) is 4.81. The predicted octanol–water partition coefficient (Wildman–Crippen LogP) is 3.21. The van der Waals surface area contributed by atoms with Gasteiger partial charge < -0.3 is 10.2 Å². The number of nitrogens with one attached hydrogen (secondary N) is 1. The van der Waals surface area contributed by atoms with Gasteiger partial charge in [-0.2, -0.15) is 0 Å². The fraction of sp³-hybridized carbons (Fsp3) is 0.588. The summed E-state index contributed by atoms with van der Waals surface area (Å²) >= 11 is 0. The summed E-state index contributed by atoms with van der Waals surface area (Å²) in [4.78, 5) is 14.4. The molecule has 0 bridgehead atoms. The third-order valence-electron chi connectivity index (χ3n) is 4.21. The van der Waals surface area contributed by atoms with E-state index in [0.29, 0.717) is 18.2 Å². The van der Waals surface area contributed by atoms with Gasteiger partial charge in [0.2, 0.25) is 0 Å². The van der Waals surface area contributed by atoms with E-state index in [-0.39, 0.29) is 11.7 Å². The van der Waals surface area contributed by atoms with Crippen molar-refractivity contribution in [3.8, 4) is 0 Å². The molecule has 0 spiro atoms. The number of benzene rings is 1. The number of hydrogen-bond donors (Lipinski definition) is 1. The van der Waals surface area contributed by atoms with Gasteiger partial charge in [0.1, 0.15) is 5.82 Å². The van der Waals surface area contributed by atoms with Crippen molar-refractivity contribution in [2.24, 2.45) is 0 Å². The van der Waals surface area contributed by atoms with Gasteiger partial charge in [-0.1, -0.05) is 19.4 Å². The number of amides is 1. The van der Waals surface area contributed by atoms with Crippen molar-refractivity contribution in [2.75, 3.05) is 19.6 Å². The van der Waals surface area contributed by atoms with Crippen molar-refractivity contribution >= 4 is 5.91 Å². The Kier molecular flexibility index (Phi) is 6.18. The maximum Gasteiger partial charge on any atom is 0.251 e. The quantitative estimate of drug-likeness (QED) is 0.817. The maximum absolute atomic E-state index is 13.1. The average Bonchev–Trinajstić information content (AvgIpc) is 2.51. The Morgan fingerprint density at radius 1 is 1.43 bits per heavy atom. The highest BCUT2D eigenvalue weighted by Gasteiger charge is 2.19. The zero-order valence-corrected chi connectivity index (χ0v) is 12.8. The normalized spacial score (nSPS) is 19.4. The molecule has 0 saturated carbocycles. The van der Waals surface area contributed by atoms with E-state index in [4.69, 9.17) is 0 Å². The predicted molar refractivity (Wildman–Crippen MR) is 82.9 cm³/mol. The van der Waals surface area contributed by atoms with E-state index in [1.54, 1.807) is 12.1 Å². The first-order chi connectivity index (χ1) is 10.2. The standard InChI is InChI=1S/C17H25FN2O/c1-2-16-9-3-4-11-20(16)12-6-10-19-17(21)14-7-5-8-15(18)13-14/h5,7-8,13,16H,2-4,6,9-12H2,1H3,(H,19,21)/t16-/m1/s1. The van der Waals surface area contributed by atoms with Gasteiger partial charge in [-0.15, -0.1) is 0 Å². The van der Waals surface area contributed by atoms with Gasteiger partial charge >= 0.3 is 0 Å². The largest absolute Gasteiger partial charge is 0.352 e. The van der Waals surface area contributed by atoms with Crippen LogP contribution < -0.4 is 5.32 Å². The molecule has 0 aliphatic carbocycles. The highest BCUT2D eigenvalue weighted by atomic mass is 19.1. The van der Waals surface area contributed by atoms with Crippen molar-refractivity contribution < 1.29 is 9.18 Å². The van der Waals surface area contributed by atoms with Gasteiger partial charge in [0.25, 0.3) is 5.91 Å². The molecule has 3 nitrogen and oxygen atoms in total. The smallest absolute Gasteiger partial charge is 0.251 e. The summed E-state index contributed by atoms with van der Waals surface area (Å²) in [7, 11) is 0. The van der Waals surface area contributed by atoms with Gasteiger partial charge in [-0.3, -0.25) is 4.79 Å². The van der Waals surface area contributed by atoms with Crippen LogP contribution in [0.15, 0.2) is 24.3 Å². The van der Waals surface area contributed by atoms with Crippen molar-refractivity contribution in [3.63, 3.8) is 0 Å². The molecule has 0 unspecified atom stereocenters. The van der Waals surface area contributed by atoms with Gasteiger partial charge in [-0.25, -0.2) is 4.39 Å². The number of rotatable bonds is 6. The van der Waals surface area contributed by atoms with Gasteiger partial charge in [0.15, 0.2) is 0 Å². The Balaban J connectivity index is 1.70. The van der Waals surface area contributed by atoms with E-state index in [1.165, 1.54) is 44.4 Å². The lowest BCUT2D eigenvalue weighted by Crippen LogP contribution is -2.40. The first-order valence-electron chi connectivity index (χ1n) is 7.98. The summed E-state index contributed by atoms with van der Waals surface area (Å²) in [5.74, 6) is -0.568. The molecule has 1 heterocycles. The molecule has 4 heteroatoms. The van der Waals surface area contributed by atoms with Gasteiger partial charge in [-0.05, 0) is 50.4 Å². The molecule has 1 amide bonds. The average molecular weight is 292 g/mol.